The first-order chi connectivity index (χ1) is 18.4. The van der Waals surface area contributed by atoms with Crippen molar-refractivity contribution in [3.63, 3.8) is 0 Å². The van der Waals surface area contributed by atoms with Crippen LogP contribution >= 0.6 is 0 Å². The molecule has 0 fully saturated rings. The zero-order valence-corrected chi connectivity index (χ0v) is 26.3. The molecule has 1 N–H and O–H groups in total. The quantitative estimate of drug-likeness (QED) is 0.218. The van der Waals surface area contributed by atoms with Crippen molar-refractivity contribution in [3.05, 3.63) is 94.5 Å². The second-order valence-electron chi connectivity index (χ2n) is 12.5. The summed E-state index contributed by atoms with van der Waals surface area (Å²) in [6, 6.07) is 23.5. The molecule has 0 amide bonds. The van der Waals surface area contributed by atoms with E-state index in [1.165, 1.54) is 11.1 Å². The Bertz CT molecular complexity index is 1660. The van der Waals surface area contributed by atoms with Crippen LogP contribution in [0.3, 0.4) is 0 Å². The van der Waals surface area contributed by atoms with Crippen LogP contribution in [-0.4, -0.2) is 21.6 Å². The van der Waals surface area contributed by atoms with E-state index in [2.05, 4.69) is 82.9 Å². The van der Waals surface area contributed by atoms with E-state index in [1.54, 1.807) is 6.07 Å². The van der Waals surface area contributed by atoms with Crippen LogP contribution in [0, 0.1) is 18.4 Å². The van der Waals surface area contributed by atoms with Crippen LogP contribution in [0.5, 0.6) is 17.4 Å². The maximum absolute atomic E-state index is 10.5. The molecule has 1 aliphatic carbocycles. The van der Waals surface area contributed by atoms with Gasteiger partial charge in [-0.05, 0) is 54.7 Å². The minimum absolute atomic E-state index is 0. The molecule has 1 aromatic heterocycles. The summed E-state index contributed by atoms with van der Waals surface area (Å²) in [5.41, 5.74) is 4.66. The number of phenolic OH excluding ortho intramolecular Hbond substituents is 1. The molecule has 0 spiro atoms. The first-order valence-electron chi connectivity index (χ1n) is 13.6. The number of aryl methyl sites for hydroxylation is 1. The van der Waals surface area contributed by atoms with Gasteiger partial charge < -0.3 is 14.6 Å². The van der Waals surface area contributed by atoms with Gasteiger partial charge in [-0.1, -0.05) is 76.6 Å². The van der Waals surface area contributed by atoms with Crippen molar-refractivity contribution in [2.24, 2.45) is 10.4 Å². The van der Waals surface area contributed by atoms with Gasteiger partial charge in [0.05, 0.1) is 0 Å². The van der Waals surface area contributed by atoms with Crippen LogP contribution in [0.15, 0.2) is 65.7 Å². The van der Waals surface area contributed by atoms with Crippen molar-refractivity contribution in [1.82, 2.24) is 4.98 Å². The van der Waals surface area contributed by atoms with Crippen LogP contribution in [0.25, 0.3) is 10.9 Å². The first kappa shape index (κ1) is 28.4. The van der Waals surface area contributed by atoms with Crippen molar-refractivity contribution in [2.45, 2.75) is 71.9 Å². The zero-order valence-electron chi connectivity index (χ0n) is 24.0. The molecule has 40 heavy (non-hydrogen) atoms. The van der Waals surface area contributed by atoms with E-state index in [1.807, 2.05) is 31.2 Å². The normalized spacial score (nSPS) is 21.4. The van der Waals surface area contributed by atoms with Crippen molar-refractivity contribution in [1.29, 1.82) is 0 Å². The van der Waals surface area contributed by atoms with Gasteiger partial charge in [-0.3, -0.25) is 4.99 Å². The summed E-state index contributed by atoms with van der Waals surface area (Å²) in [6.07, 6.45) is 0.799. The van der Waals surface area contributed by atoms with E-state index < -0.39 is 11.1 Å². The summed E-state index contributed by atoms with van der Waals surface area (Å²) < 4.78 is 13.2. The van der Waals surface area contributed by atoms with E-state index in [4.69, 9.17) is 14.5 Å². The van der Waals surface area contributed by atoms with E-state index >= 15 is 0 Å². The smallest absolute Gasteiger partial charge is 0.217 e. The number of nitrogens with zero attached hydrogens (tertiary/aromatic N) is 2. The van der Waals surface area contributed by atoms with E-state index in [0.29, 0.717) is 23.0 Å². The number of phenols is 1. The van der Waals surface area contributed by atoms with Crippen LogP contribution in [0.2, 0.25) is 0 Å². The third-order valence-corrected chi connectivity index (χ3v) is 8.44. The van der Waals surface area contributed by atoms with Crippen molar-refractivity contribution >= 4 is 16.8 Å². The number of hydrogen-bond donors (Lipinski definition) is 1. The molecule has 6 heteroatoms. The standard InChI is InChI=1S/C34H35N2O3.Pt/c1-20(2)24-16-25(18-26(17-24)38-29-13-12-22-14-21(3)15-28(37)30(22)35-29)31-36-33(7)27-11-9-8-10-23(27)19-34(33,39-31)32(4,5)6;/h8-17,20,37H,19H2,1-7H3;/q-1;/t33-,34+;/m0./s1. The number of fused-ring (bicyclic) bond motifs is 4. The third-order valence-electron chi connectivity index (χ3n) is 8.44. The van der Waals surface area contributed by atoms with Crippen molar-refractivity contribution in [2.75, 3.05) is 0 Å². The van der Waals surface area contributed by atoms with Gasteiger partial charge in [0.25, 0.3) is 0 Å². The number of pyridine rings is 1. The molecule has 6 rings (SSSR count). The summed E-state index contributed by atoms with van der Waals surface area (Å²) in [5.74, 6) is 1.91. The average molecular weight is 715 g/mol. The molecular weight excluding hydrogens is 679 g/mol. The zero-order chi connectivity index (χ0) is 27.7. The number of ether oxygens (including phenoxy) is 2. The minimum Gasteiger partial charge on any atom is -0.510 e. The third kappa shape index (κ3) is 4.34. The van der Waals surface area contributed by atoms with Crippen LogP contribution in [0.4, 0.5) is 0 Å². The Kier molecular flexibility index (Phi) is 6.90. The number of aliphatic imine (C=N–C) groups is 1. The Morgan fingerprint density at radius 2 is 1.80 bits per heavy atom. The molecule has 210 valence electrons. The predicted molar refractivity (Wildman–Crippen MR) is 155 cm³/mol. The van der Waals surface area contributed by atoms with Gasteiger partial charge in [-0.15, -0.1) is 11.6 Å². The molecule has 0 unspecified atom stereocenters. The summed E-state index contributed by atoms with van der Waals surface area (Å²) in [4.78, 5) is 9.89. The van der Waals surface area contributed by atoms with Gasteiger partial charge in [0.2, 0.25) is 5.88 Å². The number of hydrogen-bond acceptors (Lipinski definition) is 5. The van der Waals surface area contributed by atoms with Gasteiger partial charge in [-0.25, -0.2) is 4.98 Å². The molecule has 0 radical (unpaired) electrons. The van der Waals surface area contributed by atoms with Crippen molar-refractivity contribution < 1.29 is 35.6 Å². The summed E-state index contributed by atoms with van der Waals surface area (Å²) in [5, 5.41) is 11.3. The van der Waals surface area contributed by atoms with E-state index in [9.17, 15) is 5.11 Å². The Morgan fingerprint density at radius 3 is 2.52 bits per heavy atom. The predicted octanol–water partition coefficient (Wildman–Crippen LogP) is 8.00. The molecule has 1 aliphatic heterocycles. The Morgan fingerprint density at radius 1 is 1.05 bits per heavy atom. The largest absolute Gasteiger partial charge is 0.510 e. The number of aromatic hydroxyl groups is 1. The Labute approximate surface area is 250 Å². The fourth-order valence-corrected chi connectivity index (χ4v) is 6.33. The number of aromatic nitrogens is 1. The molecule has 2 atom stereocenters. The Hall–Kier alpha value is -3.17. The number of rotatable bonds is 4. The molecule has 3 aromatic carbocycles. The first-order valence-corrected chi connectivity index (χ1v) is 13.6. The second-order valence-corrected chi connectivity index (χ2v) is 12.5. The molecular formula is C34H35N2O3Pt-. The SMILES string of the molecule is Cc1cc(O)c2nc(Oc3[c-]c(C4=N[C@@]5(C)c6ccccc6C[C@]5(C(C)(C)C)O4)cc(C(C)C)c3)ccc2c1.[Pt]. The van der Waals surface area contributed by atoms with Gasteiger partial charge in [0.1, 0.15) is 28.3 Å². The molecule has 5 nitrogen and oxygen atoms in total. The second kappa shape index (κ2) is 9.73. The van der Waals surface area contributed by atoms with Crippen LogP contribution in [0.1, 0.15) is 75.3 Å². The summed E-state index contributed by atoms with van der Waals surface area (Å²) >= 11 is 0. The summed E-state index contributed by atoms with van der Waals surface area (Å²) in [7, 11) is 0. The van der Waals surface area contributed by atoms with Crippen LogP contribution < -0.4 is 4.74 Å². The monoisotopic (exact) mass is 714 g/mol. The number of benzene rings is 3. The average Bonchev–Trinajstić information content (AvgIpc) is 3.31. The van der Waals surface area contributed by atoms with E-state index in [-0.39, 0.29) is 38.1 Å². The molecule has 2 aliphatic rings. The van der Waals surface area contributed by atoms with Gasteiger partial charge in [0.15, 0.2) is 0 Å². The van der Waals surface area contributed by atoms with Gasteiger partial charge >= 0.3 is 0 Å². The van der Waals surface area contributed by atoms with Crippen molar-refractivity contribution in [3.8, 4) is 17.4 Å². The maximum atomic E-state index is 10.5. The summed E-state index contributed by atoms with van der Waals surface area (Å²) in [6.45, 7) is 15.2. The maximum Gasteiger partial charge on any atom is 0.217 e. The molecule has 2 heterocycles. The van der Waals surface area contributed by atoms with E-state index in [0.717, 1.165) is 28.5 Å². The topological polar surface area (TPSA) is 63.9 Å². The molecule has 0 saturated carbocycles. The molecule has 0 bridgehead atoms. The Balaban J connectivity index is 0.00000323. The molecule has 4 aromatic rings. The van der Waals surface area contributed by atoms with Gasteiger partial charge in [0, 0.05) is 50.1 Å². The fourth-order valence-electron chi connectivity index (χ4n) is 6.33. The molecule has 0 saturated heterocycles. The van der Waals surface area contributed by atoms with Gasteiger partial charge in [-0.2, -0.15) is 0 Å². The minimum atomic E-state index is -0.518. The van der Waals surface area contributed by atoms with Crippen LogP contribution in [-0.2, 0) is 37.8 Å². The fraction of sp³-hybridized carbons (Fsp3) is 0.353.